The number of hydrogen-bond donors (Lipinski definition) is 1. The molecule has 0 aliphatic carbocycles. The first-order chi connectivity index (χ1) is 10.2. The molecule has 3 nitrogen and oxygen atoms in total. The van der Waals surface area contributed by atoms with Gasteiger partial charge in [0.15, 0.2) is 0 Å². The highest BCUT2D eigenvalue weighted by atomic mass is 16.4. The highest BCUT2D eigenvalue weighted by Crippen LogP contribution is 2.12. The molecule has 0 fully saturated rings. The molecule has 0 amide bonds. The van der Waals surface area contributed by atoms with Crippen molar-refractivity contribution in [2.45, 2.75) is 71.1 Å². The molecule has 0 aliphatic heterocycles. The van der Waals surface area contributed by atoms with E-state index in [0.717, 1.165) is 25.3 Å². The second-order valence-corrected chi connectivity index (χ2v) is 5.52. The smallest absolute Gasteiger partial charge is 0.339 e. The van der Waals surface area contributed by atoms with Crippen molar-refractivity contribution in [3.05, 3.63) is 40.5 Å². The number of aromatic hydroxyl groups is 1. The maximum absolute atomic E-state index is 11.1. The van der Waals surface area contributed by atoms with Crippen LogP contribution in [-0.2, 0) is 6.42 Å². The normalized spacial score (nSPS) is 11.3. The van der Waals surface area contributed by atoms with Gasteiger partial charge in [-0.1, -0.05) is 51.2 Å². The molecule has 0 saturated carbocycles. The van der Waals surface area contributed by atoms with E-state index < -0.39 is 5.63 Å². The molecule has 3 heteroatoms. The van der Waals surface area contributed by atoms with Crippen molar-refractivity contribution in [1.82, 2.24) is 0 Å². The van der Waals surface area contributed by atoms with Crippen LogP contribution in [0.25, 0.3) is 0 Å². The molecule has 0 radical (unpaired) electrons. The van der Waals surface area contributed by atoms with Crippen LogP contribution in [0.1, 0.15) is 70.5 Å². The van der Waals surface area contributed by atoms with Gasteiger partial charge in [0.05, 0.1) is 6.07 Å². The monoisotopic (exact) mass is 292 g/mol. The third kappa shape index (κ3) is 9.11. The summed E-state index contributed by atoms with van der Waals surface area (Å²) in [6.45, 7) is 2.22. The van der Waals surface area contributed by atoms with Crippen LogP contribution in [-0.4, -0.2) is 5.11 Å². The van der Waals surface area contributed by atoms with Crippen LogP contribution in [0.2, 0.25) is 0 Å². The maximum atomic E-state index is 11.1. The minimum Gasteiger partial charge on any atom is -0.508 e. The van der Waals surface area contributed by atoms with Crippen LogP contribution < -0.4 is 5.63 Å². The fraction of sp³-hybridized carbons (Fsp3) is 0.611. The summed E-state index contributed by atoms with van der Waals surface area (Å²) in [5.74, 6) is 0.579. The molecule has 0 unspecified atom stereocenters. The number of hydrogen-bond acceptors (Lipinski definition) is 3. The molecule has 0 atom stereocenters. The highest BCUT2D eigenvalue weighted by molar-refractivity contribution is 5.18. The third-order valence-corrected chi connectivity index (χ3v) is 3.49. The zero-order valence-electron chi connectivity index (χ0n) is 13.1. The second-order valence-electron chi connectivity index (χ2n) is 5.52. The van der Waals surface area contributed by atoms with Gasteiger partial charge in [-0.05, 0) is 25.7 Å². The SMILES string of the molecule is CCCC/C=C/CCCCCCCc1cc(O)cc(=O)o1. The van der Waals surface area contributed by atoms with Gasteiger partial charge in [0.1, 0.15) is 11.5 Å². The topological polar surface area (TPSA) is 50.4 Å². The van der Waals surface area contributed by atoms with Crippen LogP contribution in [0, 0.1) is 0 Å². The van der Waals surface area contributed by atoms with Crippen LogP contribution >= 0.6 is 0 Å². The summed E-state index contributed by atoms with van der Waals surface area (Å²) in [5, 5.41) is 9.30. The fourth-order valence-corrected chi connectivity index (χ4v) is 2.29. The summed E-state index contributed by atoms with van der Waals surface area (Å²) < 4.78 is 5.03. The van der Waals surface area contributed by atoms with E-state index in [0.29, 0.717) is 5.76 Å². The summed E-state index contributed by atoms with van der Waals surface area (Å²) in [4.78, 5) is 11.1. The average molecular weight is 292 g/mol. The predicted molar refractivity (Wildman–Crippen MR) is 86.7 cm³/mol. The average Bonchev–Trinajstić information content (AvgIpc) is 2.44. The lowest BCUT2D eigenvalue weighted by molar-refractivity contribution is 0.418. The number of unbranched alkanes of at least 4 members (excludes halogenated alkanes) is 7. The Kier molecular flexibility index (Phi) is 9.34. The fourth-order valence-electron chi connectivity index (χ4n) is 2.29. The Morgan fingerprint density at radius 3 is 2.38 bits per heavy atom. The van der Waals surface area contributed by atoms with Gasteiger partial charge in [-0.2, -0.15) is 0 Å². The molecule has 1 aromatic rings. The van der Waals surface area contributed by atoms with Crippen LogP contribution in [0.4, 0.5) is 0 Å². The van der Waals surface area contributed by atoms with E-state index in [9.17, 15) is 9.90 Å². The predicted octanol–water partition coefficient (Wildman–Crippen LogP) is 4.97. The first kappa shape index (κ1) is 17.5. The zero-order valence-corrected chi connectivity index (χ0v) is 13.1. The molecule has 0 aliphatic rings. The number of rotatable bonds is 11. The van der Waals surface area contributed by atoms with Crippen molar-refractivity contribution < 1.29 is 9.52 Å². The van der Waals surface area contributed by atoms with Gasteiger partial charge in [0.25, 0.3) is 0 Å². The molecule has 1 aromatic heterocycles. The van der Waals surface area contributed by atoms with Gasteiger partial charge in [0.2, 0.25) is 0 Å². The van der Waals surface area contributed by atoms with E-state index in [2.05, 4.69) is 19.1 Å². The van der Waals surface area contributed by atoms with E-state index >= 15 is 0 Å². The van der Waals surface area contributed by atoms with Gasteiger partial charge >= 0.3 is 5.63 Å². The molecule has 0 aromatic carbocycles. The summed E-state index contributed by atoms with van der Waals surface area (Å²) >= 11 is 0. The highest BCUT2D eigenvalue weighted by Gasteiger charge is 2.00. The van der Waals surface area contributed by atoms with Crippen LogP contribution in [0.15, 0.2) is 33.5 Å². The van der Waals surface area contributed by atoms with E-state index in [4.69, 9.17) is 4.42 Å². The Morgan fingerprint density at radius 1 is 1.00 bits per heavy atom. The van der Waals surface area contributed by atoms with Gasteiger partial charge in [-0.3, -0.25) is 0 Å². The summed E-state index contributed by atoms with van der Waals surface area (Å²) in [6, 6.07) is 2.63. The Bertz CT molecular complexity index is 460. The van der Waals surface area contributed by atoms with Crippen molar-refractivity contribution in [1.29, 1.82) is 0 Å². The minimum absolute atomic E-state index is 0.00360. The Labute approximate surface area is 127 Å². The molecule has 0 bridgehead atoms. The Morgan fingerprint density at radius 2 is 1.67 bits per heavy atom. The molecule has 118 valence electrons. The maximum Gasteiger partial charge on any atom is 0.339 e. The lowest BCUT2D eigenvalue weighted by Crippen LogP contribution is -1.98. The van der Waals surface area contributed by atoms with Gasteiger partial charge in [0, 0.05) is 12.5 Å². The van der Waals surface area contributed by atoms with Crippen molar-refractivity contribution in [3.8, 4) is 5.75 Å². The summed E-state index contributed by atoms with van der Waals surface area (Å²) in [7, 11) is 0. The second kappa shape index (κ2) is 11.2. The third-order valence-electron chi connectivity index (χ3n) is 3.49. The molecule has 21 heavy (non-hydrogen) atoms. The van der Waals surface area contributed by atoms with Gasteiger partial charge in [-0.25, -0.2) is 4.79 Å². The molecule has 1 rings (SSSR count). The largest absolute Gasteiger partial charge is 0.508 e. The lowest BCUT2D eigenvalue weighted by Gasteiger charge is -2.01. The lowest BCUT2D eigenvalue weighted by atomic mass is 10.1. The number of aryl methyl sites for hydroxylation is 1. The first-order valence-electron chi connectivity index (χ1n) is 8.20. The van der Waals surface area contributed by atoms with Crippen molar-refractivity contribution >= 4 is 0 Å². The van der Waals surface area contributed by atoms with Crippen molar-refractivity contribution in [2.75, 3.05) is 0 Å². The molecule has 1 N–H and O–H groups in total. The van der Waals surface area contributed by atoms with E-state index in [1.807, 2.05) is 0 Å². The van der Waals surface area contributed by atoms with Crippen LogP contribution in [0.3, 0.4) is 0 Å². The van der Waals surface area contributed by atoms with Gasteiger partial charge < -0.3 is 9.52 Å². The summed E-state index contributed by atoms with van der Waals surface area (Å²) in [5.41, 5.74) is -0.472. The van der Waals surface area contributed by atoms with Crippen LogP contribution in [0.5, 0.6) is 5.75 Å². The van der Waals surface area contributed by atoms with E-state index in [1.165, 1.54) is 51.0 Å². The Hall–Kier alpha value is -1.51. The Balaban J connectivity index is 1.99. The summed E-state index contributed by atoms with van der Waals surface area (Å²) in [6.07, 6.45) is 16.1. The standard InChI is InChI=1S/C18H28O3/c1-2-3-4-5-6-7-8-9-10-11-12-13-17-14-16(19)15-18(20)21-17/h5-6,14-15,19H,2-4,7-13H2,1H3/b6-5+. The van der Waals surface area contributed by atoms with Gasteiger partial charge in [-0.15, -0.1) is 0 Å². The molecule has 1 heterocycles. The van der Waals surface area contributed by atoms with Crippen molar-refractivity contribution in [3.63, 3.8) is 0 Å². The molecule has 0 saturated heterocycles. The quantitative estimate of drug-likeness (QED) is 0.462. The van der Waals surface area contributed by atoms with E-state index in [-0.39, 0.29) is 5.75 Å². The zero-order chi connectivity index (χ0) is 15.3. The first-order valence-corrected chi connectivity index (χ1v) is 8.20. The van der Waals surface area contributed by atoms with Crippen molar-refractivity contribution in [2.24, 2.45) is 0 Å². The van der Waals surface area contributed by atoms with E-state index in [1.54, 1.807) is 0 Å². The number of allylic oxidation sites excluding steroid dienone is 2. The molecular weight excluding hydrogens is 264 g/mol. The molecule has 0 spiro atoms. The molecular formula is C18H28O3. The minimum atomic E-state index is -0.472.